The number of fused-ring (bicyclic) bond motifs is 3. The highest BCUT2D eigenvalue weighted by Gasteiger charge is 2.63. The summed E-state index contributed by atoms with van der Waals surface area (Å²) in [6, 6.07) is 0.326. The Morgan fingerprint density at radius 2 is 1.87 bits per heavy atom. The quantitative estimate of drug-likeness (QED) is 0.307. The summed E-state index contributed by atoms with van der Waals surface area (Å²) in [4.78, 5) is 40.6. The number of Topliss-reactive ketones (excluding diaryl/α,β-unsaturated/α-hetero) is 2. The number of halogens is 1. The molecule has 0 radical (unpaired) electrons. The van der Waals surface area contributed by atoms with E-state index < -0.39 is 69.6 Å². The maximum atomic E-state index is 15.1. The number of carbonyl (C=O) groups excluding carboxylic acids is 3. The van der Waals surface area contributed by atoms with Crippen molar-refractivity contribution in [1.82, 2.24) is 10.2 Å². The predicted molar refractivity (Wildman–Crippen MR) is 133 cm³/mol. The van der Waals surface area contributed by atoms with Crippen LogP contribution in [0.15, 0.2) is 28.7 Å². The van der Waals surface area contributed by atoms with Crippen LogP contribution >= 0.6 is 0 Å². The molecule has 1 amide bonds. The Bertz CT molecular complexity index is 1310. The van der Waals surface area contributed by atoms with Gasteiger partial charge < -0.3 is 31.5 Å². The van der Waals surface area contributed by atoms with E-state index in [0.29, 0.717) is 0 Å². The fourth-order valence-electron chi connectivity index (χ4n) is 6.86. The number of phenols is 1. The van der Waals surface area contributed by atoms with E-state index in [2.05, 4.69) is 5.32 Å². The average Bonchev–Trinajstić information content (AvgIpc) is 3.34. The number of nitrogens with one attached hydrogen (secondary N) is 1. The van der Waals surface area contributed by atoms with Crippen LogP contribution in [0.2, 0.25) is 0 Å². The van der Waals surface area contributed by atoms with Gasteiger partial charge in [-0.1, -0.05) is 12.8 Å². The van der Waals surface area contributed by atoms with Crippen molar-refractivity contribution in [2.24, 2.45) is 17.6 Å². The van der Waals surface area contributed by atoms with Gasteiger partial charge in [-0.05, 0) is 57.3 Å². The summed E-state index contributed by atoms with van der Waals surface area (Å²) in [5, 5.41) is 48.0. The van der Waals surface area contributed by atoms with Crippen molar-refractivity contribution in [1.29, 1.82) is 0 Å². The van der Waals surface area contributed by atoms with Gasteiger partial charge in [-0.3, -0.25) is 19.3 Å². The lowest BCUT2D eigenvalue weighted by Crippen LogP contribution is -2.63. The number of carbonyl (C=O) groups is 3. The Morgan fingerprint density at radius 3 is 2.47 bits per heavy atom. The highest BCUT2D eigenvalue weighted by atomic mass is 19.1. The SMILES string of the molecule is CN(C)[C@@H]1C(O)=C(C(N)=O)C(=O)[C@@]2(O)C(O)=C3C(=O)c4c(cc(F)c(CNC5CCCC5)c4O)C[C@H]3C[C@@H]12. The van der Waals surface area contributed by atoms with Crippen molar-refractivity contribution < 1.29 is 39.2 Å². The molecule has 0 spiro atoms. The second-order valence-corrected chi connectivity index (χ2v) is 11.0. The molecular formula is C27H32FN3O7. The molecular weight excluding hydrogens is 497 g/mol. The van der Waals surface area contributed by atoms with Gasteiger partial charge in [0.25, 0.3) is 5.91 Å². The maximum Gasteiger partial charge on any atom is 0.255 e. The van der Waals surface area contributed by atoms with Gasteiger partial charge in [0.05, 0.1) is 11.6 Å². The summed E-state index contributed by atoms with van der Waals surface area (Å²) in [5.74, 6) is -8.03. The van der Waals surface area contributed by atoms with Gasteiger partial charge in [0.1, 0.15) is 28.7 Å². The summed E-state index contributed by atoms with van der Waals surface area (Å²) >= 11 is 0. The van der Waals surface area contributed by atoms with Gasteiger partial charge in [-0.15, -0.1) is 0 Å². The number of ketones is 2. The average molecular weight is 530 g/mol. The third kappa shape index (κ3) is 3.67. The number of phenolic OH excluding ortho intramolecular Hbond substituents is 1. The molecule has 5 rings (SSSR count). The number of hydrogen-bond acceptors (Lipinski definition) is 9. The fourth-order valence-corrected chi connectivity index (χ4v) is 6.86. The molecule has 4 aliphatic carbocycles. The normalized spacial score (nSPS) is 29.6. The van der Waals surface area contributed by atoms with Crippen LogP contribution in [-0.2, 0) is 22.6 Å². The van der Waals surface area contributed by atoms with E-state index in [4.69, 9.17) is 5.73 Å². The molecule has 0 bridgehead atoms. The van der Waals surface area contributed by atoms with E-state index in [9.17, 15) is 34.8 Å². The number of rotatable bonds is 5. The molecule has 1 aromatic rings. The maximum absolute atomic E-state index is 15.1. The van der Waals surface area contributed by atoms with Crippen molar-refractivity contribution in [3.8, 4) is 5.75 Å². The summed E-state index contributed by atoms with van der Waals surface area (Å²) in [6.45, 7) is 0.0123. The molecule has 4 aliphatic rings. The fraction of sp³-hybridized carbons (Fsp3) is 0.519. The number of nitrogens with two attached hydrogens (primary N) is 1. The number of aliphatic hydroxyl groups excluding tert-OH is 2. The van der Waals surface area contributed by atoms with Crippen LogP contribution < -0.4 is 11.1 Å². The number of aliphatic hydroxyl groups is 3. The Morgan fingerprint density at radius 1 is 1.21 bits per heavy atom. The third-order valence-corrected chi connectivity index (χ3v) is 8.69. The number of primary amides is 1. The van der Waals surface area contributed by atoms with Crippen LogP contribution in [0.5, 0.6) is 5.75 Å². The number of aromatic hydroxyl groups is 1. The van der Waals surface area contributed by atoms with Crippen molar-refractivity contribution in [3.63, 3.8) is 0 Å². The van der Waals surface area contributed by atoms with Gasteiger partial charge in [-0.25, -0.2) is 4.39 Å². The first kappa shape index (κ1) is 26.3. The molecule has 204 valence electrons. The highest BCUT2D eigenvalue weighted by Crippen LogP contribution is 2.52. The molecule has 1 saturated carbocycles. The van der Waals surface area contributed by atoms with Gasteiger partial charge in [-0.2, -0.15) is 0 Å². The van der Waals surface area contributed by atoms with Crippen molar-refractivity contribution in [3.05, 3.63) is 51.2 Å². The molecule has 4 atom stereocenters. The van der Waals surface area contributed by atoms with Crippen LogP contribution in [0, 0.1) is 17.7 Å². The molecule has 1 aromatic carbocycles. The zero-order valence-electron chi connectivity index (χ0n) is 21.3. The Hall–Kier alpha value is -3.28. The van der Waals surface area contributed by atoms with Crippen molar-refractivity contribution in [2.75, 3.05) is 14.1 Å². The Labute approximate surface area is 218 Å². The van der Waals surface area contributed by atoms with Crippen molar-refractivity contribution in [2.45, 2.75) is 62.8 Å². The largest absolute Gasteiger partial charge is 0.510 e. The minimum Gasteiger partial charge on any atom is -0.510 e. The molecule has 1 fully saturated rings. The van der Waals surface area contributed by atoms with Crippen LogP contribution in [0.1, 0.15) is 53.6 Å². The van der Waals surface area contributed by atoms with Crippen LogP contribution in [0.3, 0.4) is 0 Å². The minimum atomic E-state index is -2.70. The lowest BCUT2D eigenvalue weighted by molar-refractivity contribution is -0.148. The number of likely N-dealkylation sites (N-methyl/N-ethyl adjacent to an activating group) is 1. The molecule has 38 heavy (non-hydrogen) atoms. The Kier molecular flexibility index (Phi) is 6.36. The third-order valence-electron chi connectivity index (χ3n) is 8.69. The topological polar surface area (TPSA) is 173 Å². The highest BCUT2D eigenvalue weighted by molar-refractivity contribution is 6.24. The zero-order chi connectivity index (χ0) is 27.7. The first-order chi connectivity index (χ1) is 17.9. The van der Waals surface area contributed by atoms with E-state index in [1.165, 1.54) is 11.0 Å². The molecule has 10 nitrogen and oxygen atoms in total. The lowest BCUT2D eigenvalue weighted by Gasteiger charge is -2.50. The molecule has 0 unspecified atom stereocenters. The van der Waals surface area contributed by atoms with Crippen LogP contribution in [0.4, 0.5) is 4.39 Å². The number of benzene rings is 1. The van der Waals surface area contributed by atoms with E-state index in [1.54, 1.807) is 14.1 Å². The first-order valence-corrected chi connectivity index (χ1v) is 12.8. The number of nitrogens with zero attached hydrogens (tertiary/aromatic N) is 1. The van der Waals surface area contributed by atoms with E-state index in [1.807, 2.05) is 0 Å². The second kappa shape index (κ2) is 9.18. The molecule has 0 saturated heterocycles. The zero-order valence-corrected chi connectivity index (χ0v) is 21.3. The molecule has 0 aromatic heterocycles. The standard InChI is InChI=1S/C27H32FN3O7/c1-31(2)20-15-8-11-7-12-9-16(28)14(10-30-13-5-3-4-6-13)21(32)17(12)22(33)18(11)24(35)27(15,38)25(36)19(23(20)34)26(29)37/h9,11,13,15,20,30,32,34-35,38H,3-8,10H2,1-2H3,(H2,29,37)/t11-,15-,20-,27-/m0/s1. The molecule has 0 aliphatic heterocycles. The number of allylic oxidation sites excluding steroid dienone is 1. The van der Waals surface area contributed by atoms with Gasteiger partial charge >= 0.3 is 0 Å². The monoisotopic (exact) mass is 529 g/mol. The number of hydrogen-bond donors (Lipinski definition) is 6. The van der Waals surface area contributed by atoms with Gasteiger partial charge in [0.2, 0.25) is 5.78 Å². The van der Waals surface area contributed by atoms with Crippen LogP contribution in [0.25, 0.3) is 0 Å². The minimum absolute atomic E-state index is 0.0123. The first-order valence-electron chi connectivity index (χ1n) is 12.8. The molecule has 7 N–H and O–H groups in total. The van der Waals surface area contributed by atoms with Crippen LogP contribution in [-0.4, -0.2) is 74.6 Å². The molecule has 0 heterocycles. The van der Waals surface area contributed by atoms with E-state index in [0.717, 1.165) is 25.7 Å². The summed E-state index contributed by atoms with van der Waals surface area (Å²) in [5.41, 5.74) is 1.51. The summed E-state index contributed by atoms with van der Waals surface area (Å²) in [7, 11) is 3.11. The van der Waals surface area contributed by atoms with Gasteiger partial charge in [0, 0.05) is 29.6 Å². The smallest absolute Gasteiger partial charge is 0.255 e. The van der Waals surface area contributed by atoms with Crippen molar-refractivity contribution >= 4 is 17.5 Å². The summed E-state index contributed by atoms with van der Waals surface area (Å²) < 4.78 is 15.1. The van der Waals surface area contributed by atoms with Gasteiger partial charge in [0.15, 0.2) is 11.4 Å². The number of amides is 1. The van der Waals surface area contributed by atoms with E-state index in [-0.39, 0.29) is 47.7 Å². The predicted octanol–water partition coefficient (Wildman–Crippen LogP) is 1.29. The van der Waals surface area contributed by atoms with E-state index >= 15 is 4.39 Å². The summed E-state index contributed by atoms with van der Waals surface area (Å²) in [6.07, 6.45) is 4.01. The lowest BCUT2D eigenvalue weighted by atomic mass is 9.58. The second-order valence-electron chi connectivity index (χ2n) is 11.0. The molecule has 11 heteroatoms. The Balaban J connectivity index is 1.61.